The Morgan fingerprint density at radius 2 is 2.00 bits per heavy atom. The minimum absolute atomic E-state index is 0.154. The van der Waals surface area contributed by atoms with Crippen LogP contribution in [-0.4, -0.2) is 4.10 Å². The second kappa shape index (κ2) is 4.72. The molecule has 6 heteroatoms. The molecule has 0 aliphatic rings. The fourth-order valence-electron chi connectivity index (χ4n) is 0.757. The third-order valence-electron chi connectivity index (χ3n) is 1.33. The molecule has 0 aliphatic heterocycles. The molecule has 0 bridgehead atoms. The summed E-state index contributed by atoms with van der Waals surface area (Å²) in [5.41, 5.74) is 0.174. The second-order valence-corrected chi connectivity index (χ2v) is 3.00. The Morgan fingerprint density at radius 3 is 2.54 bits per heavy atom. The van der Waals surface area contributed by atoms with Crippen LogP contribution in [0.2, 0.25) is 0 Å². The van der Waals surface area contributed by atoms with Gasteiger partial charge in [0, 0.05) is 35.2 Å². The lowest BCUT2D eigenvalue weighted by molar-refractivity contribution is -0.0272. The van der Waals surface area contributed by atoms with Gasteiger partial charge >= 0.3 is 0 Å². The number of halogens is 4. The SMILES string of the molecule is Fc1ccc(CON(Cl)Cl)c(F)c1. The van der Waals surface area contributed by atoms with Crippen LogP contribution in [0.3, 0.4) is 0 Å². The van der Waals surface area contributed by atoms with E-state index in [1.807, 2.05) is 0 Å². The summed E-state index contributed by atoms with van der Waals surface area (Å²) in [4.78, 5) is 4.55. The van der Waals surface area contributed by atoms with E-state index in [0.29, 0.717) is 4.10 Å². The fourth-order valence-corrected chi connectivity index (χ4v) is 0.855. The van der Waals surface area contributed by atoms with E-state index in [-0.39, 0.29) is 12.2 Å². The van der Waals surface area contributed by atoms with Crippen molar-refractivity contribution >= 4 is 23.6 Å². The van der Waals surface area contributed by atoms with Crippen molar-refractivity contribution in [1.82, 2.24) is 4.10 Å². The van der Waals surface area contributed by atoms with E-state index in [9.17, 15) is 8.78 Å². The molecule has 72 valence electrons. The summed E-state index contributed by atoms with van der Waals surface area (Å²) in [6.07, 6.45) is 0. The topological polar surface area (TPSA) is 12.5 Å². The number of benzene rings is 1. The fraction of sp³-hybridized carbons (Fsp3) is 0.143. The molecule has 1 aromatic rings. The van der Waals surface area contributed by atoms with Crippen molar-refractivity contribution in [3.8, 4) is 0 Å². The Morgan fingerprint density at radius 1 is 1.31 bits per heavy atom. The van der Waals surface area contributed by atoms with Crippen molar-refractivity contribution in [3.63, 3.8) is 0 Å². The monoisotopic (exact) mass is 227 g/mol. The maximum atomic E-state index is 12.9. The largest absolute Gasteiger partial charge is 0.264 e. The molecule has 13 heavy (non-hydrogen) atoms. The molecular weight excluding hydrogens is 223 g/mol. The minimum Gasteiger partial charge on any atom is -0.264 e. The van der Waals surface area contributed by atoms with Crippen LogP contribution in [0.4, 0.5) is 8.78 Å². The van der Waals surface area contributed by atoms with E-state index in [1.54, 1.807) is 0 Å². The van der Waals surface area contributed by atoms with Gasteiger partial charge in [-0.2, -0.15) is 0 Å². The van der Waals surface area contributed by atoms with E-state index in [1.165, 1.54) is 6.07 Å². The summed E-state index contributed by atoms with van der Waals surface area (Å²) < 4.78 is 25.7. The van der Waals surface area contributed by atoms with Crippen LogP contribution in [0.15, 0.2) is 18.2 Å². The molecule has 0 N–H and O–H groups in total. The van der Waals surface area contributed by atoms with Crippen LogP contribution in [0, 0.1) is 11.6 Å². The minimum atomic E-state index is -0.699. The molecule has 1 rings (SSSR count). The summed E-state index contributed by atoms with van der Waals surface area (Å²) in [5.74, 6) is -1.34. The van der Waals surface area contributed by atoms with Crippen LogP contribution in [0.5, 0.6) is 0 Å². The van der Waals surface area contributed by atoms with E-state index < -0.39 is 11.6 Å². The third-order valence-corrected chi connectivity index (χ3v) is 1.53. The van der Waals surface area contributed by atoms with Crippen LogP contribution < -0.4 is 0 Å². The van der Waals surface area contributed by atoms with Crippen molar-refractivity contribution in [2.24, 2.45) is 0 Å². The predicted octanol–water partition coefficient (Wildman–Crippen LogP) is 3.01. The van der Waals surface area contributed by atoms with Gasteiger partial charge in [0.1, 0.15) is 11.6 Å². The Labute approximate surface area is 83.8 Å². The van der Waals surface area contributed by atoms with Crippen LogP contribution in [-0.2, 0) is 11.4 Å². The number of hydrogen-bond acceptors (Lipinski definition) is 2. The smallest absolute Gasteiger partial charge is 0.131 e. The Balaban J connectivity index is 2.67. The molecule has 0 saturated heterocycles. The van der Waals surface area contributed by atoms with Crippen molar-refractivity contribution in [1.29, 1.82) is 0 Å². The van der Waals surface area contributed by atoms with Gasteiger partial charge in [-0.15, -0.1) is 0 Å². The normalized spacial score (nSPS) is 10.8. The second-order valence-electron chi connectivity index (χ2n) is 2.21. The van der Waals surface area contributed by atoms with Gasteiger partial charge in [-0.1, -0.05) is 6.07 Å². The molecule has 0 heterocycles. The van der Waals surface area contributed by atoms with E-state index in [2.05, 4.69) is 4.84 Å². The van der Waals surface area contributed by atoms with Gasteiger partial charge in [-0.05, 0) is 10.2 Å². The predicted molar refractivity (Wildman–Crippen MR) is 44.7 cm³/mol. The lowest BCUT2D eigenvalue weighted by atomic mass is 10.2. The van der Waals surface area contributed by atoms with Crippen LogP contribution >= 0.6 is 23.6 Å². The average molecular weight is 228 g/mol. The molecule has 0 fully saturated rings. The summed E-state index contributed by atoms with van der Waals surface area (Å²) in [6, 6.07) is 3.13. The van der Waals surface area contributed by atoms with Gasteiger partial charge in [-0.25, -0.2) is 8.78 Å². The van der Waals surface area contributed by atoms with Gasteiger partial charge < -0.3 is 0 Å². The molecule has 0 atom stereocenters. The van der Waals surface area contributed by atoms with Crippen LogP contribution in [0.25, 0.3) is 0 Å². The molecule has 2 nitrogen and oxygen atoms in total. The highest BCUT2D eigenvalue weighted by atomic mass is 35.5. The lowest BCUT2D eigenvalue weighted by Gasteiger charge is -2.05. The zero-order chi connectivity index (χ0) is 9.84. The van der Waals surface area contributed by atoms with Gasteiger partial charge in [0.05, 0.1) is 6.61 Å². The maximum absolute atomic E-state index is 12.9. The van der Waals surface area contributed by atoms with Gasteiger partial charge in [-0.3, -0.25) is 4.84 Å². The molecule has 0 saturated carbocycles. The Kier molecular flexibility index (Phi) is 3.87. The standard InChI is InChI=1S/C7H5Cl2F2NO/c8-12(9)13-4-5-1-2-6(10)3-7(5)11/h1-3H,4H2. The third kappa shape index (κ3) is 3.44. The Bertz CT molecular complexity index is 296. The van der Waals surface area contributed by atoms with Gasteiger partial charge in [0.25, 0.3) is 0 Å². The summed E-state index contributed by atoms with van der Waals surface area (Å²) in [5, 5.41) is 0. The highest BCUT2D eigenvalue weighted by Crippen LogP contribution is 2.12. The van der Waals surface area contributed by atoms with E-state index in [0.717, 1.165) is 12.1 Å². The summed E-state index contributed by atoms with van der Waals surface area (Å²) in [7, 11) is 0. The first-order valence-electron chi connectivity index (χ1n) is 3.28. The zero-order valence-corrected chi connectivity index (χ0v) is 7.82. The van der Waals surface area contributed by atoms with Crippen molar-refractivity contribution in [2.45, 2.75) is 6.61 Å². The molecule has 0 spiro atoms. The molecule has 0 radical (unpaired) electrons. The molecular formula is C7H5Cl2F2NO. The molecule has 0 amide bonds. The summed E-state index contributed by atoms with van der Waals surface area (Å²) in [6.45, 7) is -0.154. The number of rotatable bonds is 3. The van der Waals surface area contributed by atoms with E-state index >= 15 is 0 Å². The highest BCUT2D eigenvalue weighted by Gasteiger charge is 2.05. The van der Waals surface area contributed by atoms with E-state index in [4.69, 9.17) is 23.6 Å². The maximum Gasteiger partial charge on any atom is 0.131 e. The number of nitrogens with zero attached hydrogens (tertiary/aromatic N) is 1. The lowest BCUT2D eigenvalue weighted by Crippen LogP contribution is -2.02. The highest BCUT2D eigenvalue weighted by molar-refractivity contribution is 6.32. The summed E-state index contributed by atoms with van der Waals surface area (Å²) >= 11 is 10.2. The Hall–Kier alpha value is -0.420. The van der Waals surface area contributed by atoms with Crippen molar-refractivity contribution < 1.29 is 13.6 Å². The average Bonchev–Trinajstić information content (AvgIpc) is 2.02. The van der Waals surface area contributed by atoms with Crippen molar-refractivity contribution in [3.05, 3.63) is 35.4 Å². The molecule has 1 aromatic carbocycles. The van der Waals surface area contributed by atoms with Crippen LogP contribution in [0.1, 0.15) is 5.56 Å². The first-order valence-corrected chi connectivity index (χ1v) is 3.95. The molecule has 0 unspecified atom stereocenters. The van der Waals surface area contributed by atoms with Crippen molar-refractivity contribution in [2.75, 3.05) is 0 Å². The number of hydrogen-bond donors (Lipinski definition) is 0. The van der Waals surface area contributed by atoms with Gasteiger partial charge in [0.15, 0.2) is 0 Å². The first-order chi connectivity index (χ1) is 6.09. The molecule has 0 aromatic heterocycles. The first kappa shape index (κ1) is 10.7. The quantitative estimate of drug-likeness (QED) is 0.582. The van der Waals surface area contributed by atoms with Gasteiger partial charge in [0.2, 0.25) is 0 Å². The molecule has 0 aliphatic carbocycles. The zero-order valence-electron chi connectivity index (χ0n) is 6.31.